The van der Waals surface area contributed by atoms with Crippen LogP contribution in [0.3, 0.4) is 0 Å². The molecule has 21 heavy (non-hydrogen) atoms. The number of hydrogen-bond donors (Lipinski definition) is 2. The van der Waals surface area contributed by atoms with Crippen LogP contribution in [0.2, 0.25) is 10.0 Å². The smallest absolute Gasteiger partial charge is 0.194 e. The van der Waals surface area contributed by atoms with E-state index in [0.29, 0.717) is 15.6 Å². The molecule has 0 heterocycles. The highest BCUT2D eigenvalue weighted by Crippen LogP contribution is 2.28. The van der Waals surface area contributed by atoms with E-state index < -0.39 is 23.5 Å². The number of hydrogen-bond acceptors (Lipinski definition) is 2. The summed E-state index contributed by atoms with van der Waals surface area (Å²) in [4.78, 5) is 0. The molecule has 0 spiro atoms. The van der Waals surface area contributed by atoms with Crippen LogP contribution in [0.5, 0.6) is 0 Å². The predicted octanol–water partition coefficient (Wildman–Crippen LogP) is 4.16. The third-order valence-electron chi connectivity index (χ3n) is 3.07. The molecule has 0 saturated carbocycles. The number of hydrazine groups is 1. The van der Waals surface area contributed by atoms with Gasteiger partial charge in [-0.05, 0) is 36.2 Å². The van der Waals surface area contributed by atoms with E-state index in [0.717, 1.165) is 12.1 Å². The molecule has 0 saturated heterocycles. The molecular formula is C14H11Cl2F3N2. The second-order valence-electron chi connectivity index (χ2n) is 4.42. The summed E-state index contributed by atoms with van der Waals surface area (Å²) in [5.74, 6) is 1.31. The first-order valence-corrected chi connectivity index (χ1v) is 6.73. The summed E-state index contributed by atoms with van der Waals surface area (Å²) in [6.07, 6.45) is 0.165. The topological polar surface area (TPSA) is 38.0 Å². The molecule has 2 nitrogen and oxygen atoms in total. The zero-order valence-electron chi connectivity index (χ0n) is 10.6. The molecule has 1 atom stereocenters. The SMILES string of the molecule is NNC(Cc1cc(Cl)ccc1Cl)c1ccc(F)c(F)c1F. The number of benzene rings is 2. The van der Waals surface area contributed by atoms with Gasteiger partial charge >= 0.3 is 0 Å². The monoisotopic (exact) mass is 334 g/mol. The van der Waals surface area contributed by atoms with Gasteiger partial charge in [-0.25, -0.2) is 13.2 Å². The van der Waals surface area contributed by atoms with Gasteiger partial charge in [0.15, 0.2) is 17.5 Å². The fraction of sp³-hybridized carbons (Fsp3) is 0.143. The molecule has 2 aromatic rings. The summed E-state index contributed by atoms with van der Waals surface area (Å²) in [5, 5.41) is 0.874. The lowest BCUT2D eigenvalue weighted by molar-refractivity contribution is 0.425. The van der Waals surface area contributed by atoms with Crippen LogP contribution >= 0.6 is 23.2 Å². The van der Waals surface area contributed by atoms with Gasteiger partial charge in [-0.1, -0.05) is 29.3 Å². The second-order valence-corrected chi connectivity index (χ2v) is 5.27. The van der Waals surface area contributed by atoms with E-state index in [9.17, 15) is 13.2 Å². The normalized spacial score (nSPS) is 12.5. The first-order valence-electron chi connectivity index (χ1n) is 5.97. The lowest BCUT2D eigenvalue weighted by atomic mass is 9.98. The Morgan fingerprint density at radius 1 is 1.05 bits per heavy atom. The van der Waals surface area contributed by atoms with Crippen LogP contribution in [0, 0.1) is 17.5 Å². The Morgan fingerprint density at radius 3 is 2.43 bits per heavy atom. The fourth-order valence-electron chi connectivity index (χ4n) is 1.99. The van der Waals surface area contributed by atoms with Crippen molar-refractivity contribution >= 4 is 23.2 Å². The van der Waals surface area contributed by atoms with Crippen molar-refractivity contribution in [2.24, 2.45) is 5.84 Å². The van der Waals surface area contributed by atoms with Gasteiger partial charge < -0.3 is 0 Å². The first-order chi connectivity index (χ1) is 9.93. The highest BCUT2D eigenvalue weighted by molar-refractivity contribution is 6.33. The van der Waals surface area contributed by atoms with Gasteiger partial charge in [0, 0.05) is 15.6 Å². The second kappa shape index (κ2) is 6.66. The molecule has 0 aromatic heterocycles. The van der Waals surface area contributed by atoms with E-state index in [1.807, 2.05) is 0 Å². The number of rotatable bonds is 4. The Balaban J connectivity index is 2.37. The molecule has 2 rings (SSSR count). The third-order valence-corrected chi connectivity index (χ3v) is 3.68. The van der Waals surface area contributed by atoms with E-state index in [1.54, 1.807) is 18.2 Å². The van der Waals surface area contributed by atoms with E-state index in [1.165, 1.54) is 0 Å². The van der Waals surface area contributed by atoms with Crippen LogP contribution in [0.25, 0.3) is 0 Å². The summed E-state index contributed by atoms with van der Waals surface area (Å²) in [6, 6.07) is 6.00. The molecule has 0 radical (unpaired) electrons. The van der Waals surface area contributed by atoms with Crippen molar-refractivity contribution in [3.05, 3.63) is 69.0 Å². The van der Waals surface area contributed by atoms with E-state index in [2.05, 4.69) is 5.43 Å². The maximum absolute atomic E-state index is 13.8. The number of nitrogens with two attached hydrogens (primary N) is 1. The lowest BCUT2D eigenvalue weighted by Crippen LogP contribution is -2.30. The van der Waals surface area contributed by atoms with Gasteiger partial charge in [-0.15, -0.1) is 0 Å². The van der Waals surface area contributed by atoms with Crippen LogP contribution in [0.1, 0.15) is 17.2 Å². The molecule has 0 aliphatic heterocycles. The van der Waals surface area contributed by atoms with Gasteiger partial charge in [0.2, 0.25) is 0 Å². The third kappa shape index (κ3) is 3.49. The Kier molecular flexibility index (Phi) is 5.11. The molecule has 2 aromatic carbocycles. The van der Waals surface area contributed by atoms with Crippen molar-refractivity contribution in [1.29, 1.82) is 0 Å². The summed E-state index contributed by atoms with van der Waals surface area (Å²) >= 11 is 11.9. The zero-order chi connectivity index (χ0) is 15.6. The number of halogens is 5. The van der Waals surface area contributed by atoms with Gasteiger partial charge in [0.25, 0.3) is 0 Å². The zero-order valence-corrected chi connectivity index (χ0v) is 12.2. The summed E-state index contributed by atoms with van der Waals surface area (Å²) in [7, 11) is 0. The van der Waals surface area contributed by atoms with E-state index >= 15 is 0 Å². The van der Waals surface area contributed by atoms with E-state index in [4.69, 9.17) is 29.0 Å². The highest BCUT2D eigenvalue weighted by atomic mass is 35.5. The van der Waals surface area contributed by atoms with Gasteiger partial charge in [-0.2, -0.15) is 0 Å². The average molecular weight is 335 g/mol. The largest absolute Gasteiger partial charge is 0.271 e. The van der Waals surface area contributed by atoms with Gasteiger partial charge in [0.1, 0.15) is 0 Å². The van der Waals surface area contributed by atoms with Crippen molar-refractivity contribution in [3.8, 4) is 0 Å². The van der Waals surface area contributed by atoms with Gasteiger partial charge in [0.05, 0.1) is 6.04 Å². The first kappa shape index (κ1) is 16.1. The standard InChI is InChI=1S/C14H11Cl2F3N2/c15-8-1-3-10(16)7(5-8)6-12(21-20)9-2-4-11(17)14(19)13(9)18/h1-5,12,21H,6,20H2. The van der Waals surface area contributed by atoms with Crippen molar-refractivity contribution in [2.45, 2.75) is 12.5 Å². The molecule has 0 aliphatic carbocycles. The lowest BCUT2D eigenvalue weighted by Gasteiger charge is -2.18. The molecular weight excluding hydrogens is 324 g/mol. The van der Waals surface area contributed by atoms with Crippen LogP contribution in [0.15, 0.2) is 30.3 Å². The van der Waals surface area contributed by atoms with Crippen LogP contribution in [-0.2, 0) is 6.42 Å². The van der Waals surface area contributed by atoms with Gasteiger partial charge in [-0.3, -0.25) is 11.3 Å². The van der Waals surface area contributed by atoms with E-state index in [-0.39, 0.29) is 12.0 Å². The maximum Gasteiger partial charge on any atom is 0.194 e. The minimum Gasteiger partial charge on any atom is -0.271 e. The minimum absolute atomic E-state index is 0.0903. The average Bonchev–Trinajstić information content (AvgIpc) is 2.46. The Morgan fingerprint density at radius 2 is 1.76 bits per heavy atom. The molecule has 0 aliphatic rings. The van der Waals surface area contributed by atoms with Crippen LogP contribution in [0.4, 0.5) is 13.2 Å². The molecule has 0 fully saturated rings. The Labute approximate surface area is 129 Å². The minimum atomic E-state index is -1.54. The maximum atomic E-state index is 13.8. The molecule has 1 unspecified atom stereocenters. The summed E-state index contributed by atoms with van der Waals surface area (Å²) < 4.78 is 40.1. The molecule has 0 amide bonds. The Hall–Kier alpha value is -1.27. The molecule has 0 bridgehead atoms. The summed E-state index contributed by atoms with van der Waals surface area (Å²) in [5.41, 5.74) is 2.89. The predicted molar refractivity (Wildman–Crippen MR) is 76.5 cm³/mol. The number of nitrogens with one attached hydrogen (secondary N) is 1. The van der Waals surface area contributed by atoms with Crippen molar-refractivity contribution in [3.63, 3.8) is 0 Å². The summed E-state index contributed by atoms with van der Waals surface area (Å²) in [6.45, 7) is 0. The molecule has 7 heteroatoms. The molecule has 3 N–H and O–H groups in total. The van der Waals surface area contributed by atoms with Crippen LogP contribution in [-0.4, -0.2) is 0 Å². The Bertz CT molecular complexity index is 665. The van der Waals surface area contributed by atoms with Crippen molar-refractivity contribution in [1.82, 2.24) is 5.43 Å². The van der Waals surface area contributed by atoms with Crippen molar-refractivity contribution < 1.29 is 13.2 Å². The fourth-order valence-corrected chi connectivity index (χ4v) is 2.38. The quantitative estimate of drug-likeness (QED) is 0.500. The van der Waals surface area contributed by atoms with Crippen LogP contribution < -0.4 is 11.3 Å². The molecule has 112 valence electrons. The van der Waals surface area contributed by atoms with Crippen molar-refractivity contribution in [2.75, 3.05) is 0 Å². The highest BCUT2D eigenvalue weighted by Gasteiger charge is 2.21.